The zero-order valence-corrected chi connectivity index (χ0v) is 37.0. The average molecular weight is 957 g/mol. The van der Waals surface area contributed by atoms with Crippen LogP contribution in [0, 0.1) is 0 Å². The number of rotatable bonds is 22. The number of carbonyl (C=O) groups excluding carboxylic acids is 3. The van der Waals surface area contributed by atoms with E-state index >= 15 is 0 Å². The van der Waals surface area contributed by atoms with E-state index in [1.54, 1.807) is 6.92 Å². The fraction of sp³-hybridized carbons (Fsp3) is 0.459. The van der Waals surface area contributed by atoms with Gasteiger partial charge in [0, 0.05) is 45.0 Å². The highest BCUT2D eigenvalue weighted by atomic mass is 35.5. The molecule has 63 heavy (non-hydrogen) atoms. The van der Waals surface area contributed by atoms with Crippen molar-refractivity contribution in [1.29, 1.82) is 0 Å². The monoisotopic (exact) mass is 955 g/mol. The number of aromatic hydroxyl groups is 2. The van der Waals surface area contributed by atoms with Gasteiger partial charge in [0.05, 0.1) is 22.3 Å². The first-order valence-electron chi connectivity index (χ1n) is 19.3. The van der Waals surface area contributed by atoms with Crippen molar-refractivity contribution in [3.63, 3.8) is 0 Å². The van der Waals surface area contributed by atoms with Crippen LogP contribution in [0.2, 0.25) is 9.36 Å². The molecule has 340 valence electrons. The van der Waals surface area contributed by atoms with Gasteiger partial charge < -0.3 is 46.3 Å². The molecule has 2 aliphatic rings. The van der Waals surface area contributed by atoms with E-state index in [4.69, 9.17) is 33.1 Å². The van der Waals surface area contributed by atoms with Crippen LogP contribution in [0.3, 0.4) is 0 Å². The molecule has 1 saturated heterocycles. The summed E-state index contributed by atoms with van der Waals surface area (Å²) in [6, 6.07) is -0.165. The average Bonchev–Trinajstić information content (AvgIpc) is 3.62. The molecule has 1 fully saturated rings. The lowest BCUT2D eigenvalue weighted by Crippen LogP contribution is -2.71. The quantitative estimate of drug-likeness (QED) is 0.0236. The Hall–Kier alpha value is -5.69. The van der Waals surface area contributed by atoms with Gasteiger partial charge in [-0.1, -0.05) is 65.9 Å². The van der Waals surface area contributed by atoms with Gasteiger partial charge in [-0.3, -0.25) is 38.5 Å². The maximum Gasteiger partial charge on any atom is 0.352 e. The van der Waals surface area contributed by atoms with Crippen LogP contribution in [-0.2, 0) is 35.4 Å². The molecule has 5 rings (SSSR count). The number of carboxylic acids is 3. The van der Waals surface area contributed by atoms with Crippen molar-refractivity contribution in [2.45, 2.75) is 70.0 Å². The van der Waals surface area contributed by atoms with Crippen LogP contribution in [0.15, 0.2) is 27.3 Å². The number of thioether (sulfide) groups is 1. The van der Waals surface area contributed by atoms with E-state index < -0.39 is 92.9 Å². The fourth-order valence-electron chi connectivity index (χ4n) is 6.68. The number of phenolic OH excluding ortho intramolecular Hbond substituents is 2. The van der Waals surface area contributed by atoms with Crippen LogP contribution >= 0.6 is 46.3 Å². The number of β-lactam (4-membered cyclic amide) rings is 1. The first kappa shape index (κ1) is 48.3. The lowest BCUT2D eigenvalue weighted by atomic mass is 10.0. The Kier molecular flexibility index (Phi) is 16.2. The van der Waals surface area contributed by atoms with Crippen LogP contribution in [0.4, 0.5) is 5.13 Å². The zero-order chi connectivity index (χ0) is 46.3. The minimum Gasteiger partial charge on any atom is -0.504 e. The number of carboxylic acid groups (broad SMARTS) is 3. The maximum atomic E-state index is 13.7. The topological polar surface area (TPSA) is 316 Å². The lowest BCUT2D eigenvalue weighted by molar-refractivity contribution is -0.156. The van der Waals surface area contributed by atoms with Crippen molar-refractivity contribution in [3.8, 4) is 11.5 Å². The molecule has 3 unspecified atom stereocenters. The molecule has 26 heteroatoms. The Labute approximate surface area is 375 Å². The molecule has 22 nitrogen and oxygen atoms in total. The van der Waals surface area contributed by atoms with E-state index in [1.807, 2.05) is 11.8 Å². The Morgan fingerprint density at radius 3 is 2.41 bits per heavy atom. The molecule has 0 aliphatic carbocycles. The highest BCUT2D eigenvalue weighted by molar-refractivity contribution is 8.00. The molecule has 2 aromatic heterocycles. The van der Waals surface area contributed by atoms with Gasteiger partial charge in [-0.15, -0.1) is 11.8 Å². The van der Waals surface area contributed by atoms with E-state index in [0.29, 0.717) is 12.1 Å². The van der Waals surface area contributed by atoms with Gasteiger partial charge in [-0.2, -0.15) is 5.10 Å². The van der Waals surface area contributed by atoms with Gasteiger partial charge in [0.25, 0.3) is 17.7 Å². The number of phenols is 2. The summed E-state index contributed by atoms with van der Waals surface area (Å²) in [6.45, 7) is 4.66. The number of nitrogens with zero attached hydrogens (tertiary/aromatic N) is 6. The third-order valence-electron chi connectivity index (χ3n) is 9.79. The van der Waals surface area contributed by atoms with E-state index in [-0.39, 0.29) is 63.7 Å². The molecule has 0 saturated carbocycles. The Morgan fingerprint density at radius 2 is 1.79 bits per heavy atom. The molecule has 3 amide bonds. The smallest absolute Gasteiger partial charge is 0.352 e. The summed E-state index contributed by atoms with van der Waals surface area (Å²) in [5, 5.41) is 63.5. The second-order valence-electron chi connectivity index (χ2n) is 14.0. The highest BCUT2D eigenvalue weighted by Gasteiger charge is 2.54. The number of carbonyl (C=O) groups is 6. The van der Waals surface area contributed by atoms with Gasteiger partial charge in [0.2, 0.25) is 11.5 Å². The normalized spacial score (nSPS) is 16.7. The predicted molar refractivity (Wildman–Crippen MR) is 231 cm³/mol. The largest absolute Gasteiger partial charge is 0.504 e. The number of aliphatic carboxylic acids is 3. The molecule has 3 atom stereocenters. The molecular weight excluding hydrogens is 913 g/mol. The van der Waals surface area contributed by atoms with Crippen molar-refractivity contribution >= 4 is 104 Å². The number of unbranched alkanes of at least 4 members (excludes halogenated alkanes) is 3. The van der Waals surface area contributed by atoms with Crippen LogP contribution < -0.4 is 21.4 Å². The van der Waals surface area contributed by atoms with Gasteiger partial charge >= 0.3 is 17.9 Å². The molecular formula is C37H43Cl2N9O13S2. The number of thiazole rings is 1. The summed E-state index contributed by atoms with van der Waals surface area (Å²) in [5.74, 6) is -8.49. The van der Waals surface area contributed by atoms with Gasteiger partial charge in [-0.25, -0.2) is 14.6 Å². The lowest BCUT2D eigenvalue weighted by Gasteiger charge is -2.49. The molecule has 1 aromatic carbocycles. The van der Waals surface area contributed by atoms with E-state index in [1.165, 1.54) is 23.5 Å². The summed E-state index contributed by atoms with van der Waals surface area (Å²) >= 11 is 14.6. The SMILES string of the molecule is CCCCCCN(CCNC(=O)c1nn(CC)c2cc(O)c(O)c(Cl)c2c1=O)CC1=C(C(=O)O)N2C(=O)C(NC(=O)C(=NOC(CC(=O)O)C(=O)O)c3nc(NC)sc3Cl)C2SC1. The second kappa shape index (κ2) is 21.1. The summed E-state index contributed by atoms with van der Waals surface area (Å²) in [4.78, 5) is 102. The van der Waals surface area contributed by atoms with Crippen molar-refractivity contribution < 1.29 is 59.1 Å². The first-order chi connectivity index (χ1) is 29.9. The Bertz CT molecular complexity index is 2440. The van der Waals surface area contributed by atoms with Crippen molar-refractivity contribution in [1.82, 2.24) is 35.2 Å². The van der Waals surface area contributed by atoms with Crippen LogP contribution in [0.25, 0.3) is 10.9 Å². The van der Waals surface area contributed by atoms with Crippen LogP contribution in [0.1, 0.15) is 62.1 Å². The number of hydrogen-bond donors (Lipinski definition) is 8. The third-order valence-corrected chi connectivity index (χ3v) is 12.8. The van der Waals surface area contributed by atoms with Gasteiger partial charge in [-0.05, 0) is 25.5 Å². The summed E-state index contributed by atoms with van der Waals surface area (Å²) in [7, 11) is 1.52. The molecule has 2 aliphatic heterocycles. The molecule has 4 heterocycles. The van der Waals surface area contributed by atoms with Crippen molar-refractivity contribution in [2.75, 3.05) is 44.3 Å². The number of oxime groups is 1. The fourth-order valence-corrected chi connectivity index (χ4v) is 9.29. The minimum absolute atomic E-state index is 0.00933. The van der Waals surface area contributed by atoms with Gasteiger partial charge in [0.1, 0.15) is 27.1 Å². The van der Waals surface area contributed by atoms with E-state index in [9.17, 15) is 54.0 Å². The summed E-state index contributed by atoms with van der Waals surface area (Å²) in [5.41, 5.74) is -2.09. The third kappa shape index (κ3) is 10.7. The second-order valence-corrected chi connectivity index (χ2v) is 17.1. The number of nitrogens with one attached hydrogen (secondary N) is 3. The zero-order valence-electron chi connectivity index (χ0n) is 33.8. The number of aromatic nitrogens is 3. The standard InChI is InChI=1S/C37H43Cl2N9O13S2/c1-4-6-7-8-10-46(11-9-41-31(54)25-29(53)21-17(47(5-2)44-25)12-18(49)28(52)22(21)38)14-16-15-62-34-26(33(56)48(34)27(16)36(59)60)42-32(55)24(23-30(39)63-37(40-3)43-23)45-61-19(35(57)58)13-20(50)51/h12,19,26,34,49,52H,4-11,13-15H2,1-3H3,(H,40,43)(H,41,54)(H,42,55)(H,50,51)(H,57,58)(H,59,60). The predicted octanol–water partition coefficient (Wildman–Crippen LogP) is 2.33. The number of fused-ring (bicyclic) bond motifs is 2. The number of amides is 3. The Morgan fingerprint density at radius 1 is 1.06 bits per heavy atom. The van der Waals surface area contributed by atoms with Gasteiger partial charge in [0.15, 0.2) is 28.0 Å². The summed E-state index contributed by atoms with van der Waals surface area (Å²) < 4.78 is 1.21. The molecule has 8 N–H and O–H groups in total. The minimum atomic E-state index is -2.00. The van der Waals surface area contributed by atoms with Crippen LogP contribution in [0.5, 0.6) is 11.5 Å². The van der Waals surface area contributed by atoms with Crippen molar-refractivity contribution in [2.24, 2.45) is 5.16 Å². The first-order valence-corrected chi connectivity index (χ1v) is 21.9. The van der Waals surface area contributed by atoms with E-state index in [0.717, 1.165) is 48.0 Å². The molecule has 0 bridgehead atoms. The van der Waals surface area contributed by atoms with Crippen LogP contribution in [-0.4, -0.2) is 148 Å². The number of benzene rings is 1. The van der Waals surface area contributed by atoms with E-state index in [2.05, 4.69) is 31.2 Å². The van der Waals surface area contributed by atoms with Crippen molar-refractivity contribution in [3.05, 3.63) is 48.3 Å². The number of aryl methyl sites for hydroxylation is 1. The Balaban J connectivity index is 1.34. The molecule has 0 spiro atoms. The number of halogens is 2. The number of anilines is 1. The number of hydrogen-bond acceptors (Lipinski definition) is 17. The molecule has 0 radical (unpaired) electrons. The molecule has 3 aromatic rings. The highest BCUT2D eigenvalue weighted by Crippen LogP contribution is 2.41. The maximum absolute atomic E-state index is 13.7. The summed E-state index contributed by atoms with van der Waals surface area (Å²) in [6.07, 6.45) is 0.477.